The first-order valence-corrected chi connectivity index (χ1v) is 25.1. The van der Waals surface area contributed by atoms with Gasteiger partial charge in [-0.15, -0.1) is 0 Å². The summed E-state index contributed by atoms with van der Waals surface area (Å²) in [6.45, 7) is 15.0. The molecule has 0 aliphatic heterocycles. The minimum atomic E-state index is -2.31. The Bertz CT molecular complexity index is 1360. The third-order valence-corrected chi connectivity index (χ3v) is 31.1. The van der Waals surface area contributed by atoms with Crippen LogP contribution in [0.1, 0.15) is 146 Å². The summed E-state index contributed by atoms with van der Waals surface area (Å²) in [5.74, 6) is 1.42. The molecule has 45 heavy (non-hydrogen) atoms. The fourth-order valence-electron chi connectivity index (χ4n) is 8.49. The van der Waals surface area contributed by atoms with Gasteiger partial charge in [-0.05, 0) is 0 Å². The first-order valence-electron chi connectivity index (χ1n) is 18.0. The number of hydrogen-bond acceptors (Lipinski definition) is 1. The number of hydrogen-bond donors (Lipinski definition) is 1. The fraction of sp³-hybridized carbons (Fsp3) is 0.561. The van der Waals surface area contributed by atoms with Gasteiger partial charge in [-0.3, -0.25) is 0 Å². The van der Waals surface area contributed by atoms with Gasteiger partial charge in [0.15, 0.2) is 0 Å². The standard InChI is InChI=1S/C33H49P.C8H10N.ClH.Pd/c1-23(2)26-21-30(24(3)4)33(31(22-26)25(5)6)29-19-13-14-20-32(29)34(27-15-9-7-10-16-27)28-17-11-8-12-18-28;9-7-6-8-4-2-1-3-5-8;;/h13-14,19-25,27-28H,7-12,15-18H2,1-6H3;1-4H,6-7,9H2;1H;. The molecule has 3 aromatic rings. The molecule has 0 heterocycles. The van der Waals surface area contributed by atoms with Gasteiger partial charge >= 0.3 is 287 Å². The van der Waals surface area contributed by atoms with Crippen molar-refractivity contribution in [1.29, 1.82) is 0 Å². The van der Waals surface area contributed by atoms with Gasteiger partial charge in [0.05, 0.1) is 0 Å². The Morgan fingerprint density at radius 2 is 1.22 bits per heavy atom. The number of rotatable bonds is 11. The van der Waals surface area contributed by atoms with Gasteiger partial charge < -0.3 is 0 Å². The summed E-state index contributed by atoms with van der Waals surface area (Å²) in [5.41, 5.74) is 14.5. The van der Waals surface area contributed by atoms with Crippen LogP contribution in [0.2, 0.25) is 0 Å². The van der Waals surface area contributed by atoms with Gasteiger partial charge in [-0.2, -0.15) is 0 Å². The number of halogens is 1. The molecule has 3 aromatic carbocycles. The van der Waals surface area contributed by atoms with Crippen molar-refractivity contribution >= 4 is 24.3 Å². The zero-order chi connectivity index (χ0) is 32.1. The molecule has 0 amide bonds. The van der Waals surface area contributed by atoms with Gasteiger partial charge in [-0.1, -0.05) is 0 Å². The van der Waals surface area contributed by atoms with Crippen molar-refractivity contribution in [3.63, 3.8) is 0 Å². The normalized spacial score (nSPS) is 17.8. The van der Waals surface area contributed by atoms with Crippen LogP contribution in [0.3, 0.4) is 0 Å². The molecular weight excluding hydrogens is 679 g/mol. The zero-order valence-corrected chi connectivity index (χ0v) is 32.2. The Morgan fingerprint density at radius 3 is 1.73 bits per heavy atom. The van der Waals surface area contributed by atoms with Crippen molar-refractivity contribution in [2.24, 2.45) is 5.73 Å². The van der Waals surface area contributed by atoms with E-state index in [-0.39, 0.29) is 0 Å². The van der Waals surface area contributed by atoms with E-state index in [0.717, 1.165) is 17.7 Å². The predicted molar refractivity (Wildman–Crippen MR) is 201 cm³/mol. The molecular formula is C41H60ClNPPd. The zero-order valence-electron chi connectivity index (χ0n) is 28.9. The second kappa shape index (κ2) is 15.9. The Balaban J connectivity index is 1.88. The van der Waals surface area contributed by atoms with Crippen LogP contribution >= 0.6 is 15.0 Å². The molecule has 0 saturated heterocycles. The van der Waals surface area contributed by atoms with Gasteiger partial charge in [0.2, 0.25) is 0 Å². The van der Waals surface area contributed by atoms with Crippen molar-refractivity contribution in [2.45, 2.75) is 141 Å². The van der Waals surface area contributed by atoms with E-state index in [4.69, 9.17) is 15.3 Å². The summed E-state index contributed by atoms with van der Waals surface area (Å²) in [4.78, 5) is 0. The second-order valence-corrected chi connectivity index (χ2v) is 28.5. The molecule has 2 saturated carbocycles. The van der Waals surface area contributed by atoms with Crippen molar-refractivity contribution in [2.75, 3.05) is 6.54 Å². The van der Waals surface area contributed by atoms with E-state index < -0.39 is 20.7 Å². The average Bonchev–Trinajstić information content (AvgIpc) is 3.06. The van der Waals surface area contributed by atoms with Gasteiger partial charge in [0.1, 0.15) is 0 Å². The van der Waals surface area contributed by atoms with Crippen molar-refractivity contribution in [3.05, 3.63) is 82.9 Å². The van der Waals surface area contributed by atoms with Crippen molar-refractivity contribution in [1.82, 2.24) is 0 Å². The Kier molecular flexibility index (Phi) is 12.5. The first-order chi connectivity index (χ1) is 21.7. The second-order valence-electron chi connectivity index (χ2n) is 14.8. The van der Waals surface area contributed by atoms with Crippen LogP contribution in [0.4, 0.5) is 0 Å². The molecule has 0 atom stereocenters. The summed E-state index contributed by atoms with van der Waals surface area (Å²) in [7, 11) is 8.44. The van der Waals surface area contributed by atoms with Crippen LogP contribution in [0.15, 0.2) is 60.7 Å². The Labute approximate surface area is 285 Å². The summed E-state index contributed by atoms with van der Waals surface area (Å²) >= 11 is -1.64. The molecule has 2 fully saturated rings. The number of nitrogens with two attached hydrogens (primary N) is 1. The number of benzene rings is 3. The SMILES string of the molecule is CC(C)c1cc(C(C)C)c(-c2ccccc2[PH](C2CCCCC2)(C2CCCCC2)[Pd]([Cl])[c]2ccccc2CCN)c(C(C)C)c1. The molecule has 251 valence electrons. The molecule has 2 aliphatic rings. The molecule has 0 bridgehead atoms. The fourth-order valence-corrected chi connectivity index (χ4v) is 31.9. The summed E-state index contributed by atoms with van der Waals surface area (Å²) in [5, 5.41) is 1.71. The maximum atomic E-state index is 8.44. The van der Waals surface area contributed by atoms with Gasteiger partial charge in [0.25, 0.3) is 0 Å². The van der Waals surface area contributed by atoms with E-state index >= 15 is 0 Å². The Morgan fingerprint density at radius 1 is 0.711 bits per heavy atom. The summed E-state index contributed by atoms with van der Waals surface area (Å²) in [6.07, 6.45) is 14.6. The van der Waals surface area contributed by atoms with E-state index in [0.29, 0.717) is 24.3 Å². The topological polar surface area (TPSA) is 26.0 Å². The molecule has 0 radical (unpaired) electrons. The van der Waals surface area contributed by atoms with Crippen molar-refractivity contribution < 1.29 is 15.2 Å². The van der Waals surface area contributed by atoms with E-state index in [1.165, 1.54) is 102 Å². The molecule has 1 nitrogen and oxygen atoms in total. The monoisotopic (exact) mass is 738 g/mol. The van der Waals surface area contributed by atoms with Gasteiger partial charge in [-0.25, -0.2) is 0 Å². The van der Waals surface area contributed by atoms with E-state index in [2.05, 4.69) is 102 Å². The molecule has 2 N–H and O–H groups in total. The maximum absolute atomic E-state index is 8.44. The van der Waals surface area contributed by atoms with Crippen LogP contribution in [0.25, 0.3) is 11.1 Å². The van der Waals surface area contributed by atoms with Crippen LogP contribution in [-0.4, -0.2) is 17.9 Å². The van der Waals surface area contributed by atoms with E-state index in [1.807, 2.05) is 0 Å². The molecule has 2 aliphatic carbocycles. The molecule has 0 unspecified atom stereocenters. The van der Waals surface area contributed by atoms with Crippen LogP contribution in [-0.2, 0) is 21.7 Å². The summed E-state index contributed by atoms with van der Waals surface area (Å²) < 4.78 is 1.50. The molecule has 5 rings (SSSR count). The van der Waals surface area contributed by atoms with Crippen LogP contribution in [0.5, 0.6) is 0 Å². The quantitative estimate of drug-likeness (QED) is 0.154. The predicted octanol–water partition coefficient (Wildman–Crippen LogP) is 11.3. The molecule has 0 aromatic heterocycles. The Hall–Kier alpha value is -0.998. The van der Waals surface area contributed by atoms with Crippen LogP contribution in [0, 0.1) is 0 Å². The minimum absolute atomic E-state index is 0.456. The average molecular weight is 740 g/mol. The molecule has 4 heteroatoms. The third-order valence-electron chi connectivity index (χ3n) is 10.8. The summed E-state index contributed by atoms with van der Waals surface area (Å²) in [6, 6.07) is 24.2. The van der Waals surface area contributed by atoms with E-state index in [9.17, 15) is 0 Å². The van der Waals surface area contributed by atoms with Crippen molar-refractivity contribution in [3.8, 4) is 11.1 Å². The van der Waals surface area contributed by atoms with Crippen LogP contribution < -0.4 is 15.1 Å². The first kappa shape index (κ1) is 35.3. The van der Waals surface area contributed by atoms with E-state index in [1.54, 1.807) is 5.30 Å². The third kappa shape index (κ3) is 7.23. The van der Waals surface area contributed by atoms with Gasteiger partial charge in [0, 0.05) is 0 Å². The molecule has 0 spiro atoms.